The highest BCUT2D eigenvalue weighted by Gasteiger charge is 2.39. The van der Waals surface area contributed by atoms with Crippen molar-refractivity contribution in [3.63, 3.8) is 0 Å². The van der Waals surface area contributed by atoms with E-state index in [2.05, 4.69) is 15.3 Å². The Kier molecular flexibility index (Phi) is 7.21. The summed E-state index contributed by atoms with van der Waals surface area (Å²) >= 11 is 0. The molecule has 0 saturated carbocycles. The van der Waals surface area contributed by atoms with Gasteiger partial charge in [-0.05, 0) is 29.8 Å². The minimum atomic E-state index is -5.21. The zero-order chi connectivity index (χ0) is 26.8. The van der Waals surface area contributed by atoms with Crippen molar-refractivity contribution in [1.82, 2.24) is 14.7 Å². The van der Waals surface area contributed by atoms with Crippen molar-refractivity contribution in [3.8, 4) is 22.8 Å². The largest absolute Gasteiger partial charge is 0.493 e. The lowest BCUT2D eigenvalue weighted by atomic mass is 10.1. The van der Waals surface area contributed by atoms with E-state index in [1.54, 1.807) is 0 Å². The molecule has 8 nitrogen and oxygen atoms in total. The maximum absolute atomic E-state index is 14.6. The third-order valence-electron chi connectivity index (χ3n) is 4.86. The lowest BCUT2D eigenvalue weighted by molar-refractivity contribution is -0.171. The zero-order valence-electron chi connectivity index (χ0n) is 19.1. The Morgan fingerprint density at radius 3 is 2.65 bits per heavy atom. The fraction of sp³-hybridized carbons (Fsp3) is 0.217. The maximum Gasteiger partial charge on any atom is 0.472 e. The molecule has 196 valence electrons. The summed E-state index contributed by atoms with van der Waals surface area (Å²) < 4.78 is 91.8. The third kappa shape index (κ3) is 6.64. The van der Waals surface area contributed by atoms with E-state index in [-0.39, 0.29) is 53.2 Å². The molecular weight excluding hydrogens is 523 g/mol. The maximum atomic E-state index is 14.6. The minimum Gasteiger partial charge on any atom is -0.493 e. The number of nitrogens with zero attached hydrogens (tertiary/aromatic N) is 2. The molecule has 3 aromatic rings. The smallest absolute Gasteiger partial charge is 0.472 e. The average Bonchev–Trinajstić information content (AvgIpc) is 2.78. The van der Waals surface area contributed by atoms with Crippen molar-refractivity contribution < 1.29 is 40.4 Å². The molecule has 4 rings (SSSR count). The number of hydrogen-bond acceptors (Lipinski definition) is 7. The normalized spacial score (nSPS) is 15.0. The number of anilines is 2. The topological polar surface area (TPSA) is 102 Å². The summed E-state index contributed by atoms with van der Waals surface area (Å²) in [6.07, 6.45) is -3.03. The number of alkyl halides is 3. The van der Waals surface area contributed by atoms with Crippen LogP contribution in [0.25, 0.3) is 11.3 Å². The van der Waals surface area contributed by atoms with Crippen molar-refractivity contribution >= 4 is 32.6 Å². The number of amides is 1. The van der Waals surface area contributed by atoms with Gasteiger partial charge in [0, 0.05) is 41.4 Å². The first kappa shape index (κ1) is 26.1. The van der Waals surface area contributed by atoms with Gasteiger partial charge in [-0.3, -0.25) is 9.52 Å². The van der Waals surface area contributed by atoms with Gasteiger partial charge in [-0.1, -0.05) is 0 Å². The summed E-state index contributed by atoms with van der Waals surface area (Å²) in [5, 5.41) is 3.80. The van der Waals surface area contributed by atoms with Crippen LogP contribution >= 0.6 is 0 Å². The quantitative estimate of drug-likeness (QED) is 0.373. The van der Waals surface area contributed by atoms with Crippen molar-refractivity contribution in [2.24, 2.45) is 0 Å². The molecule has 1 atom stereocenters. The van der Waals surface area contributed by atoms with Crippen LogP contribution in [0, 0.1) is 11.6 Å². The van der Waals surface area contributed by atoms with Crippen LogP contribution in [0.4, 0.5) is 33.6 Å². The van der Waals surface area contributed by atoms with Gasteiger partial charge in [0.2, 0.25) is 5.95 Å². The molecule has 2 heterocycles. The molecule has 14 heteroatoms. The fourth-order valence-corrected chi connectivity index (χ4v) is 4.56. The first-order chi connectivity index (χ1) is 17.4. The highest BCUT2D eigenvalue weighted by Crippen LogP contribution is 2.33. The molecule has 37 heavy (non-hydrogen) atoms. The van der Waals surface area contributed by atoms with Crippen LogP contribution in [0.1, 0.15) is 12.0 Å². The van der Waals surface area contributed by atoms with E-state index in [0.717, 1.165) is 30.0 Å². The number of carbonyl (C=O) groups is 1. The molecule has 0 saturated heterocycles. The molecule has 1 aliphatic rings. The predicted molar refractivity (Wildman–Crippen MR) is 126 cm³/mol. The second-order valence-electron chi connectivity index (χ2n) is 7.95. The molecule has 0 radical (unpaired) electrons. The number of aromatic nitrogens is 2. The Labute approximate surface area is 208 Å². The summed E-state index contributed by atoms with van der Waals surface area (Å²) in [5.74, 6) is -3.47. The molecule has 0 fully saturated rings. The van der Waals surface area contributed by atoms with Crippen LogP contribution in [-0.2, 0) is 14.5 Å². The number of halogens is 5. The second-order valence-corrected chi connectivity index (χ2v) is 10.2. The van der Waals surface area contributed by atoms with E-state index < -0.39 is 33.4 Å². The van der Waals surface area contributed by atoms with Gasteiger partial charge in [-0.25, -0.2) is 23.0 Å². The Morgan fingerprint density at radius 2 is 1.89 bits per heavy atom. The Morgan fingerprint density at radius 1 is 1.14 bits per heavy atom. The minimum absolute atomic E-state index is 0.0746. The van der Waals surface area contributed by atoms with Crippen LogP contribution in [0.2, 0.25) is 0 Å². The zero-order valence-corrected chi connectivity index (χ0v) is 19.9. The number of carbonyl (C=O) groups excluding carboxylic acids is 1. The van der Waals surface area contributed by atoms with E-state index in [1.165, 1.54) is 29.0 Å². The summed E-state index contributed by atoms with van der Waals surface area (Å²) in [7, 11) is -3.60. The number of hydrogen-bond donors (Lipinski definition) is 2. The van der Waals surface area contributed by atoms with Crippen molar-refractivity contribution in [2.45, 2.75) is 12.6 Å². The number of rotatable bonds is 2. The van der Waals surface area contributed by atoms with Crippen molar-refractivity contribution in [3.05, 3.63) is 59.8 Å². The van der Waals surface area contributed by atoms with Gasteiger partial charge in [0.1, 0.15) is 23.0 Å². The highest BCUT2D eigenvalue weighted by molar-refractivity contribution is 7.99. The van der Waals surface area contributed by atoms with Gasteiger partial charge in [0.05, 0.1) is 29.1 Å². The third-order valence-corrected chi connectivity index (χ3v) is 6.17. The van der Waals surface area contributed by atoms with Gasteiger partial charge < -0.3 is 14.8 Å². The molecule has 2 N–H and O–H groups in total. The van der Waals surface area contributed by atoms with Gasteiger partial charge in [0.25, 0.3) is 0 Å². The van der Waals surface area contributed by atoms with Crippen LogP contribution in [-0.4, -0.2) is 51.1 Å². The van der Waals surface area contributed by atoms with E-state index in [4.69, 9.17) is 9.47 Å². The van der Waals surface area contributed by atoms with Crippen molar-refractivity contribution in [2.75, 3.05) is 24.8 Å². The molecule has 0 aliphatic carbocycles. The number of nitrogens with one attached hydrogen (secondary N) is 2. The van der Waals surface area contributed by atoms with Crippen molar-refractivity contribution in [1.29, 1.82) is 0 Å². The molecule has 4 bridgehead atoms. The van der Waals surface area contributed by atoms with Crippen LogP contribution < -0.4 is 19.5 Å². The summed E-state index contributed by atoms with van der Waals surface area (Å²) in [5.41, 5.74) is 0.458. The molecule has 1 aromatic heterocycles. The SMILES string of the molecule is CS(=O)(=Cc1cc2cc(c1)OCCCOc1cc(F)ccc1-c1nc(ncc1F)N2)NC(=O)C(F)(F)F. The molecule has 0 spiro atoms. The molecule has 1 aliphatic heterocycles. The van der Waals surface area contributed by atoms with Crippen LogP contribution in [0.3, 0.4) is 0 Å². The predicted octanol–water partition coefficient (Wildman–Crippen LogP) is 3.98. The Balaban J connectivity index is 1.75. The molecular formula is C23H19F5N4O4S. The first-order valence-electron chi connectivity index (χ1n) is 10.6. The average molecular weight is 542 g/mol. The van der Waals surface area contributed by atoms with Gasteiger partial charge in [0.15, 0.2) is 5.82 Å². The number of benzene rings is 2. The summed E-state index contributed by atoms with van der Waals surface area (Å²) in [4.78, 5) is 19.3. The van der Waals surface area contributed by atoms with Crippen LogP contribution in [0.5, 0.6) is 11.5 Å². The monoisotopic (exact) mass is 542 g/mol. The van der Waals surface area contributed by atoms with Gasteiger partial charge in [-0.15, -0.1) is 0 Å². The lowest BCUT2D eigenvalue weighted by Crippen LogP contribution is -2.40. The number of ether oxygens (including phenoxy) is 2. The standard InChI is InChI=1S/C23H19F5N4O4S/c1-37(34,32-21(33)23(26,27)28)12-13-7-15-10-16(8-13)35-5-2-6-36-19-9-14(24)3-4-17(19)20-18(25)11-29-22(30-15)31-20/h3-4,7-12H,2,5-6H2,1H3,(H,29,30,31)(H,32,33,34). The van der Waals surface area contributed by atoms with E-state index >= 15 is 0 Å². The summed E-state index contributed by atoms with van der Waals surface area (Å²) in [6.45, 7) is 0.204. The van der Waals surface area contributed by atoms with Gasteiger partial charge >= 0.3 is 12.1 Å². The van der Waals surface area contributed by atoms with E-state index in [0.29, 0.717) is 6.42 Å². The second kappa shape index (κ2) is 10.2. The Bertz CT molecular complexity index is 1470. The highest BCUT2D eigenvalue weighted by atomic mass is 32.2. The first-order valence-corrected chi connectivity index (χ1v) is 12.7. The van der Waals surface area contributed by atoms with Crippen LogP contribution in [0.15, 0.2) is 42.6 Å². The molecule has 1 unspecified atom stereocenters. The fourth-order valence-electron chi connectivity index (χ4n) is 3.36. The van der Waals surface area contributed by atoms with Gasteiger partial charge in [-0.2, -0.15) is 13.2 Å². The molecule has 1 amide bonds. The lowest BCUT2D eigenvalue weighted by Gasteiger charge is -2.16. The van der Waals surface area contributed by atoms with E-state index in [1.807, 2.05) is 0 Å². The molecule has 2 aromatic carbocycles. The summed E-state index contributed by atoms with van der Waals surface area (Å²) in [6, 6.07) is 7.90. The van der Waals surface area contributed by atoms with E-state index in [9.17, 15) is 31.0 Å². The number of fused-ring (bicyclic) bond motifs is 6. The Hall–Kier alpha value is -3.94.